The van der Waals surface area contributed by atoms with Crippen LogP contribution in [-0.2, 0) is 28.6 Å². The van der Waals surface area contributed by atoms with Crippen molar-refractivity contribution in [2.24, 2.45) is 0 Å². The lowest BCUT2D eigenvalue weighted by Gasteiger charge is -2.30. The van der Waals surface area contributed by atoms with Gasteiger partial charge in [-0.25, -0.2) is 4.98 Å². The lowest BCUT2D eigenvalue weighted by atomic mass is 9.97. The number of aromatic amines is 1. The topological polar surface area (TPSA) is 78.1 Å². The third-order valence-electron chi connectivity index (χ3n) is 6.11. The van der Waals surface area contributed by atoms with Crippen LogP contribution in [-0.4, -0.2) is 43.5 Å². The lowest BCUT2D eigenvalue weighted by molar-refractivity contribution is -0.129. The van der Waals surface area contributed by atoms with E-state index in [9.17, 15) is 9.00 Å². The molecule has 1 unspecified atom stereocenters. The predicted molar refractivity (Wildman–Crippen MR) is 142 cm³/mol. The summed E-state index contributed by atoms with van der Waals surface area (Å²) in [6.45, 7) is 1.14. The van der Waals surface area contributed by atoms with Crippen molar-refractivity contribution < 1.29 is 9.00 Å². The first kappa shape index (κ1) is 23.3. The van der Waals surface area contributed by atoms with Crippen molar-refractivity contribution in [3.05, 3.63) is 89.1 Å². The number of H-pyrrole nitrogens is 1. The summed E-state index contributed by atoms with van der Waals surface area (Å²) < 4.78 is 11.5. The van der Waals surface area contributed by atoms with Gasteiger partial charge < -0.3 is 15.2 Å². The van der Waals surface area contributed by atoms with Crippen molar-refractivity contribution >= 4 is 39.7 Å². The molecule has 2 N–H and O–H groups in total. The second kappa shape index (κ2) is 10.1. The zero-order valence-corrected chi connectivity index (χ0v) is 20.8. The Balaban J connectivity index is 1.38. The van der Waals surface area contributed by atoms with Crippen LogP contribution >= 0.6 is 11.6 Å². The number of hydrogen-bond acceptors (Lipinski definition) is 4. The minimum Gasteiger partial charge on any atom is -0.355 e. The van der Waals surface area contributed by atoms with E-state index < -0.39 is 10.8 Å². The molecule has 4 aromatic rings. The van der Waals surface area contributed by atoms with Gasteiger partial charge >= 0.3 is 0 Å². The predicted octanol–water partition coefficient (Wildman–Crippen LogP) is 5.40. The van der Waals surface area contributed by atoms with E-state index >= 15 is 0 Å². The van der Waals surface area contributed by atoms with E-state index in [4.69, 9.17) is 11.6 Å². The smallest absolute Gasteiger partial charge is 0.235 e. The number of imidazole rings is 1. The molecule has 0 spiro atoms. The molecule has 1 amide bonds. The Morgan fingerprint density at radius 2 is 1.97 bits per heavy atom. The highest BCUT2D eigenvalue weighted by molar-refractivity contribution is 7.85. The van der Waals surface area contributed by atoms with E-state index in [0.29, 0.717) is 23.9 Å². The van der Waals surface area contributed by atoms with E-state index in [1.54, 1.807) is 11.2 Å². The van der Waals surface area contributed by atoms with Gasteiger partial charge in [0, 0.05) is 47.1 Å². The fourth-order valence-corrected chi connectivity index (χ4v) is 5.10. The van der Waals surface area contributed by atoms with Gasteiger partial charge in [0.05, 0.1) is 16.9 Å². The van der Waals surface area contributed by atoms with Crippen LogP contribution in [0, 0.1) is 0 Å². The molecule has 178 valence electrons. The van der Waals surface area contributed by atoms with Gasteiger partial charge in [0.1, 0.15) is 11.6 Å². The Morgan fingerprint density at radius 3 is 2.77 bits per heavy atom. The lowest BCUT2D eigenvalue weighted by Crippen LogP contribution is -2.38. The number of rotatable bonds is 6. The van der Waals surface area contributed by atoms with Gasteiger partial charge in [0.2, 0.25) is 5.91 Å². The first-order chi connectivity index (χ1) is 17.0. The molecule has 8 heteroatoms. The van der Waals surface area contributed by atoms with E-state index in [-0.39, 0.29) is 11.7 Å². The number of carbonyl (C=O) groups is 1. The van der Waals surface area contributed by atoms with Crippen LogP contribution in [0.25, 0.3) is 22.6 Å². The Labute approximate surface area is 211 Å². The molecule has 0 saturated heterocycles. The van der Waals surface area contributed by atoms with E-state index in [2.05, 4.69) is 15.3 Å². The Hall–Kier alpha value is -3.42. The van der Waals surface area contributed by atoms with E-state index in [0.717, 1.165) is 40.2 Å². The first-order valence-corrected chi connectivity index (χ1v) is 13.4. The van der Waals surface area contributed by atoms with Crippen LogP contribution in [0.2, 0.25) is 5.02 Å². The van der Waals surface area contributed by atoms with E-state index in [1.165, 1.54) is 5.56 Å². The van der Waals surface area contributed by atoms with Gasteiger partial charge in [-0.1, -0.05) is 54.1 Å². The maximum atomic E-state index is 12.4. The summed E-state index contributed by atoms with van der Waals surface area (Å²) >= 11 is 6.54. The van der Waals surface area contributed by atoms with Crippen LogP contribution in [0.3, 0.4) is 0 Å². The third-order valence-corrected chi connectivity index (χ3v) is 7.09. The number of amides is 1. The highest BCUT2D eigenvalue weighted by Crippen LogP contribution is 2.33. The number of nitrogens with one attached hydrogen (secondary N) is 2. The summed E-state index contributed by atoms with van der Waals surface area (Å²) in [7, 11) is -1.14. The molecule has 6 nitrogen and oxygen atoms in total. The molecule has 5 rings (SSSR count). The van der Waals surface area contributed by atoms with Crippen molar-refractivity contribution in [3.8, 4) is 22.6 Å². The Morgan fingerprint density at radius 1 is 1.14 bits per heavy atom. The quantitative estimate of drug-likeness (QED) is 0.368. The average Bonchev–Trinajstić information content (AvgIpc) is 3.35. The Bertz CT molecular complexity index is 1400. The maximum Gasteiger partial charge on any atom is 0.235 e. The summed E-state index contributed by atoms with van der Waals surface area (Å²) in [5.74, 6) is 0.708. The summed E-state index contributed by atoms with van der Waals surface area (Å²) in [6, 6.07) is 21.9. The van der Waals surface area contributed by atoms with E-state index in [1.807, 2.05) is 72.9 Å². The van der Waals surface area contributed by atoms with Gasteiger partial charge in [0.15, 0.2) is 0 Å². The second-order valence-corrected chi connectivity index (χ2v) is 10.4. The molecule has 1 aliphatic rings. The first-order valence-electron chi connectivity index (χ1n) is 11.3. The largest absolute Gasteiger partial charge is 0.355 e. The van der Waals surface area contributed by atoms with Crippen LogP contribution in [0.1, 0.15) is 11.1 Å². The van der Waals surface area contributed by atoms with Crippen molar-refractivity contribution in [2.45, 2.75) is 13.0 Å². The zero-order valence-electron chi connectivity index (χ0n) is 19.3. The molecule has 1 aliphatic heterocycles. The van der Waals surface area contributed by atoms with Crippen LogP contribution < -0.4 is 5.32 Å². The summed E-state index contributed by atoms with van der Waals surface area (Å²) in [5.41, 5.74) is 7.00. The Kier molecular flexibility index (Phi) is 6.70. The molecule has 2 heterocycles. The maximum absolute atomic E-state index is 12.4. The summed E-state index contributed by atoms with van der Waals surface area (Å²) in [4.78, 5) is 22.1. The zero-order chi connectivity index (χ0) is 24.4. The van der Waals surface area contributed by atoms with Gasteiger partial charge in [-0.05, 0) is 47.4 Å². The molecule has 0 fully saturated rings. The fourth-order valence-electron chi connectivity index (χ4n) is 4.37. The number of fused-ring (bicyclic) bond motifs is 1. The number of hydrogen-bond donors (Lipinski definition) is 2. The fraction of sp³-hybridized carbons (Fsp3) is 0.185. The van der Waals surface area contributed by atoms with Crippen molar-refractivity contribution in [1.82, 2.24) is 14.9 Å². The number of anilines is 2. The molecule has 1 atom stereocenters. The molecule has 0 saturated carbocycles. The van der Waals surface area contributed by atoms with Gasteiger partial charge in [-0.2, -0.15) is 0 Å². The highest BCUT2D eigenvalue weighted by atomic mass is 35.5. The van der Waals surface area contributed by atoms with Gasteiger partial charge in [-0.3, -0.25) is 9.00 Å². The highest BCUT2D eigenvalue weighted by Gasteiger charge is 2.23. The van der Waals surface area contributed by atoms with Gasteiger partial charge in [0.25, 0.3) is 0 Å². The average molecular weight is 505 g/mol. The van der Waals surface area contributed by atoms with Crippen LogP contribution in [0.4, 0.5) is 11.4 Å². The monoisotopic (exact) mass is 504 g/mol. The molecule has 35 heavy (non-hydrogen) atoms. The second-order valence-electron chi connectivity index (χ2n) is 8.56. The van der Waals surface area contributed by atoms with Crippen LogP contribution in [0.15, 0.2) is 72.9 Å². The minimum atomic E-state index is -1.14. The number of halogens is 1. The molecule has 0 aliphatic carbocycles. The minimum absolute atomic E-state index is 0.0643. The standard InChI is InChI=1S/C27H25ClN4O2S/c1-35(34)17-26(33)32-13-12-21-19(16-32)8-5-9-24(21)30-20-10-11-23(28)22(14-20)27-29-15-25(31-27)18-6-3-2-4-7-18/h2-11,14-15,30H,12-13,16-17H2,1H3,(H,29,31). The molecule has 3 aromatic carbocycles. The summed E-state index contributed by atoms with van der Waals surface area (Å²) in [5, 5.41) is 4.14. The molecule has 1 aromatic heterocycles. The number of aromatic nitrogens is 2. The SMILES string of the molecule is CS(=O)CC(=O)N1CCc2c(cccc2Nc2ccc(Cl)c(-c3ncc(-c4ccccc4)[nH]3)c2)C1. The van der Waals surface area contributed by atoms with Crippen molar-refractivity contribution in [3.63, 3.8) is 0 Å². The van der Waals surface area contributed by atoms with Crippen LogP contribution in [0.5, 0.6) is 0 Å². The third kappa shape index (κ3) is 5.16. The van der Waals surface area contributed by atoms with Gasteiger partial charge in [-0.15, -0.1) is 0 Å². The number of carbonyl (C=O) groups excluding carboxylic acids is 1. The summed E-state index contributed by atoms with van der Waals surface area (Å²) in [6.07, 6.45) is 4.11. The van der Waals surface area contributed by atoms with Crippen molar-refractivity contribution in [2.75, 3.05) is 23.9 Å². The number of nitrogens with zero attached hydrogens (tertiary/aromatic N) is 2. The molecular formula is C27H25ClN4O2S. The number of benzene rings is 3. The molecule has 0 bridgehead atoms. The molecule has 0 radical (unpaired) electrons. The molecular weight excluding hydrogens is 480 g/mol. The van der Waals surface area contributed by atoms with Crippen molar-refractivity contribution in [1.29, 1.82) is 0 Å². The normalized spacial score (nSPS) is 13.8.